The van der Waals surface area contributed by atoms with Gasteiger partial charge in [-0.1, -0.05) is 18.2 Å². The van der Waals surface area contributed by atoms with E-state index in [-0.39, 0.29) is 11.6 Å². The third-order valence-electron chi connectivity index (χ3n) is 3.82. The molecule has 0 saturated carbocycles. The lowest BCUT2D eigenvalue weighted by atomic mass is 10.1. The fraction of sp³-hybridized carbons (Fsp3) is 0.0526. The van der Waals surface area contributed by atoms with Crippen LogP contribution in [0.3, 0.4) is 0 Å². The Morgan fingerprint density at radius 1 is 1.04 bits per heavy atom. The number of aromatic nitrogens is 4. The quantitative estimate of drug-likeness (QED) is 0.625. The van der Waals surface area contributed by atoms with Gasteiger partial charge in [-0.25, -0.2) is 9.97 Å². The van der Waals surface area contributed by atoms with Crippen molar-refractivity contribution in [2.24, 2.45) is 0 Å². The van der Waals surface area contributed by atoms with E-state index in [2.05, 4.69) is 20.3 Å². The van der Waals surface area contributed by atoms with Gasteiger partial charge >= 0.3 is 0 Å². The van der Waals surface area contributed by atoms with Gasteiger partial charge in [-0.05, 0) is 31.2 Å². The number of hydrogen-bond acceptors (Lipinski definition) is 4. The molecule has 25 heavy (non-hydrogen) atoms. The summed E-state index contributed by atoms with van der Waals surface area (Å²) in [5.74, 6) is -0.284. The molecule has 4 aromatic rings. The Kier molecular flexibility index (Phi) is 3.70. The van der Waals surface area contributed by atoms with Crippen molar-refractivity contribution in [1.29, 1.82) is 0 Å². The molecule has 6 heteroatoms. The molecule has 0 aliphatic heterocycles. The van der Waals surface area contributed by atoms with Crippen molar-refractivity contribution in [1.82, 2.24) is 19.4 Å². The highest BCUT2D eigenvalue weighted by Crippen LogP contribution is 2.21. The van der Waals surface area contributed by atoms with Crippen LogP contribution in [0, 0.1) is 6.92 Å². The van der Waals surface area contributed by atoms with Crippen LogP contribution in [-0.2, 0) is 0 Å². The molecule has 0 spiro atoms. The lowest BCUT2D eigenvalue weighted by molar-refractivity contribution is 0.102. The number of nitrogens with zero attached hydrogens (tertiary/aromatic N) is 4. The minimum Gasteiger partial charge on any atom is -0.321 e. The smallest absolute Gasteiger partial charge is 0.275 e. The second kappa shape index (κ2) is 6.16. The Hall–Kier alpha value is -3.54. The number of carbonyl (C=O) groups excluding carboxylic acids is 1. The molecule has 0 atom stereocenters. The molecular weight excluding hydrogens is 314 g/mol. The normalized spacial score (nSPS) is 10.8. The molecule has 3 heterocycles. The molecule has 0 bridgehead atoms. The summed E-state index contributed by atoms with van der Waals surface area (Å²) in [6.45, 7) is 1.83. The molecule has 4 rings (SSSR count). The number of hydrogen-bond donors (Lipinski definition) is 1. The molecule has 1 N–H and O–H groups in total. The molecule has 0 saturated heterocycles. The Labute approximate surface area is 144 Å². The highest BCUT2D eigenvalue weighted by molar-refractivity contribution is 6.02. The minimum atomic E-state index is -0.284. The van der Waals surface area contributed by atoms with Gasteiger partial charge in [0, 0.05) is 29.8 Å². The zero-order valence-corrected chi connectivity index (χ0v) is 13.5. The van der Waals surface area contributed by atoms with Crippen LogP contribution in [0.25, 0.3) is 16.9 Å². The van der Waals surface area contributed by atoms with E-state index in [4.69, 9.17) is 0 Å². The van der Waals surface area contributed by atoms with E-state index in [9.17, 15) is 4.79 Å². The zero-order valence-electron chi connectivity index (χ0n) is 13.5. The van der Waals surface area contributed by atoms with Crippen LogP contribution in [0.4, 0.5) is 5.69 Å². The molecular formula is C19H15N5O. The van der Waals surface area contributed by atoms with E-state index >= 15 is 0 Å². The number of anilines is 1. The first kappa shape index (κ1) is 15.0. The van der Waals surface area contributed by atoms with E-state index in [1.165, 1.54) is 6.20 Å². The van der Waals surface area contributed by atoms with Gasteiger partial charge in [0.2, 0.25) is 0 Å². The first-order valence-corrected chi connectivity index (χ1v) is 7.83. The first-order valence-electron chi connectivity index (χ1n) is 7.83. The van der Waals surface area contributed by atoms with Crippen LogP contribution in [0.1, 0.15) is 16.2 Å². The van der Waals surface area contributed by atoms with Crippen LogP contribution >= 0.6 is 0 Å². The van der Waals surface area contributed by atoms with Gasteiger partial charge in [-0.15, -0.1) is 0 Å². The Morgan fingerprint density at radius 2 is 1.88 bits per heavy atom. The number of rotatable bonds is 3. The van der Waals surface area contributed by atoms with Crippen molar-refractivity contribution in [2.45, 2.75) is 6.92 Å². The Balaban J connectivity index is 1.53. The summed E-state index contributed by atoms with van der Waals surface area (Å²) in [6.07, 6.45) is 6.98. The van der Waals surface area contributed by atoms with E-state index in [0.717, 1.165) is 22.6 Å². The molecule has 0 radical (unpaired) electrons. The van der Waals surface area contributed by atoms with Crippen molar-refractivity contribution in [3.05, 3.63) is 78.6 Å². The molecule has 0 unspecified atom stereocenters. The monoisotopic (exact) mass is 329 g/mol. The van der Waals surface area contributed by atoms with Crippen LogP contribution < -0.4 is 5.32 Å². The third-order valence-corrected chi connectivity index (χ3v) is 3.82. The van der Waals surface area contributed by atoms with Crippen LogP contribution in [-0.4, -0.2) is 25.3 Å². The summed E-state index contributed by atoms with van der Waals surface area (Å²) in [6, 6.07) is 13.4. The van der Waals surface area contributed by atoms with E-state index in [0.29, 0.717) is 5.69 Å². The van der Waals surface area contributed by atoms with E-state index in [1.807, 2.05) is 66.2 Å². The van der Waals surface area contributed by atoms with Crippen molar-refractivity contribution >= 4 is 17.2 Å². The topological polar surface area (TPSA) is 72.2 Å². The number of amides is 1. The average molecular weight is 329 g/mol. The summed E-state index contributed by atoms with van der Waals surface area (Å²) in [7, 11) is 0. The van der Waals surface area contributed by atoms with Crippen molar-refractivity contribution in [3.63, 3.8) is 0 Å². The van der Waals surface area contributed by atoms with Gasteiger partial charge in [0.25, 0.3) is 5.91 Å². The fourth-order valence-corrected chi connectivity index (χ4v) is 2.50. The number of fused-ring (bicyclic) bond motifs is 1. The molecule has 1 aromatic carbocycles. The van der Waals surface area contributed by atoms with Crippen molar-refractivity contribution in [2.75, 3.05) is 5.32 Å². The van der Waals surface area contributed by atoms with Gasteiger partial charge < -0.3 is 9.72 Å². The first-order chi connectivity index (χ1) is 12.2. The third kappa shape index (κ3) is 3.10. The fourth-order valence-electron chi connectivity index (χ4n) is 2.50. The van der Waals surface area contributed by atoms with Crippen LogP contribution in [0.15, 0.2) is 67.3 Å². The maximum Gasteiger partial charge on any atom is 0.275 e. The number of imidazole rings is 1. The average Bonchev–Trinajstić information content (AvgIpc) is 3.07. The van der Waals surface area contributed by atoms with Gasteiger partial charge in [0.05, 0.1) is 17.6 Å². The zero-order chi connectivity index (χ0) is 17.2. The lowest BCUT2D eigenvalue weighted by Gasteiger charge is -2.05. The number of aryl methyl sites for hydroxylation is 1. The predicted molar refractivity (Wildman–Crippen MR) is 95.4 cm³/mol. The standard InChI is InChI=1S/C19H15N5O/c1-13-10-21-16(11-20-13)19(25)22-15-7-5-14(6-8-15)17-12-24-9-3-2-4-18(24)23-17/h2-12H,1H3,(H,22,25). The summed E-state index contributed by atoms with van der Waals surface area (Å²) in [5, 5.41) is 2.82. The summed E-state index contributed by atoms with van der Waals surface area (Å²) in [4.78, 5) is 24.9. The van der Waals surface area contributed by atoms with Crippen molar-refractivity contribution < 1.29 is 4.79 Å². The molecule has 3 aromatic heterocycles. The lowest BCUT2D eigenvalue weighted by Crippen LogP contribution is -2.14. The number of carbonyl (C=O) groups is 1. The molecule has 6 nitrogen and oxygen atoms in total. The Bertz CT molecular complexity index is 1000. The second-order valence-corrected chi connectivity index (χ2v) is 5.67. The SMILES string of the molecule is Cc1cnc(C(=O)Nc2ccc(-c3cn4ccccc4n3)cc2)cn1. The largest absolute Gasteiger partial charge is 0.321 e. The molecule has 0 fully saturated rings. The maximum absolute atomic E-state index is 12.2. The van der Waals surface area contributed by atoms with E-state index in [1.54, 1.807) is 6.20 Å². The summed E-state index contributed by atoms with van der Waals surface area (Å²) >= 11 is 0. The number of nitrogens with one attached hydrogen (secondary N) is 1. The number of benzene rings is 1. The van der Waals surface area contributed by atoms with Crippen LogP contribution in [0.2, 0.25) is 0 Å². The maximum atomic E-state index is 12.2. The molecule has 0 aliphatic rings. The van der Waals surface area contributed by atoms with Crippen molar-refractivity contribution in [3.8, 4) is 11.3 Å². The molecule has 0 aliphatic carbocycles. The second-order valence-electron chi connectivity index (χ2n) is 5.67. The highest BCUT2D eigenvalue weighted by Gasteiger charge is 2.09. The van der Waals surface area contributed by atoms with E-state index < -0.39 is 0 Å². The highest BCUT2D eigenvalue weighted by atomic mass is 16.1. The molecule has 122 valence electrons. The van der Waals surface area contributed by atoms with Crippen LogP contribution in [0.5, 0.6) is 0 Å². The summed E-state index contributed by atoms with van der Waals surface area (Å²) in [5.41, 5.74) is 4.52. The van der Waals surface area contributed by atoms with Gasteiger partial charge in [0.1, 0.15) is 11.3 Å². The molecule has 1 amide bonds. The van der Waals surface area contributed by atoms with Gasteiger partial charge in [-0.2, -0.15) is 0 Å². The van der Waals surface area contributed by atoms with Gasteiger partial charge in [-0.3, -0.25) is 9.78 Å². The number of pyridine rings is 1. The summed E-state index contributed by atoms with van der Waals surface area (Å²) < 4.78 is 1.97. The van der Waals surface area contributed by atoms with Gasteiger partial charge in [0.15, 0.2) is 0 Å². The minimum absolute atomic E-state index is 0.284. The Morgan fingerprint density at radius 3 is 2.60 bits per heavy atom. The predicted octanol–water partition coefficient (Wildman–Crippen LogP) is 3.35.